The number of aromatic nitrogens is 3. The molecule has 1 aromatic heterocycles. The molecule has 0 radical (unpaired) electrons. The summed E-state index contributed by atoms with van der Waals surface area (Å²) in [5, 5.41) is 8.01. The van der Waals surface area contributed by atoms with Crippen molar-refractivity contribution in [1.82, 2.24) is 19.9 Å². The van der Waals surface area contributed by atoms with Crippen LogP contribution in [0.3, 0.4) is 0 Å². The Kier molecular flexibility index (Phi) is 4.52. The number of hydrogen-bond acceptors (Lipinski definition) is 4. The zero-order valence-electron chi connectivity index (χ0n) is 11.7. The highest BCUT2D eigenvalue weighted by Crippen LogP contribution is 2.17. The summed E-state index contributed by atoms with van der Waals surface area (Å²) in [6, 6.07) is 0.236. The SMILES string of the molecule is CCC(N)c1cn(CC(=O)N2CCCCC2C)nn1. The Morgan fingerprint density at radius 2 is 2.37 bits per heavy atom. The Labute approximate surface area is 113 Å². The van der Waals surface area contributed by atoms with Crippen LogP contribution in [0, 0.1) is 0 Å². The molecule has 2 atom stereocenters. The van der Waals surface area contributed by atoms with E-state index in [1.807, 2.05) is 11.8 Å². The first-order chi connectivity index (χ1) is 9.11. The molecular formula is C13H23N5O. The average molecular weight is 265 g/mol. The van der Waals surface area contributed by atoms with E-state index in [0.717, 1.165) is 31.5 Å². The van der Waals surface area contributed by atoms with Crippen molar-refractivity contribution in [3.63, 3.8) is 0 Å². The molecule has 0 aliphatic carbocycles. The van der Waals surface area contributed by atoms with Crippen molar-refractivity contribution in [2.75, 3.05) is 6.54 Å². The van der Waals surface area contributed by atoms with Gasteiger partial charge in [-0.05, 0) is 32.6 Å². The predicted molar refractivity (Wildman–Crippen MR) is 72.3 cm³/mol. The van der Waals surface area contributed by atoms with Gasteiger partial charge in [-0.1, -0.05) is 12.1 Å². The van der Waals surface area contributed by atoms with E-state index in [0.29, 0.717) is 6.04 Å². The number of likely N-dealkylation sites (tertiary alicyclic amines) is 1. The van der Waals surface area contributed by atoms with E-state index < -0.39 is 0 Å². The van der Waals surface area contributed by atoms with Gasteiger partial charge in [0.15, 0.2) is 0 Å². The lowest BCUT2D eigenvalue weighted by molar-refractivity contribution is -0.135. The second-order valence-corrected chi connectivity index (χ2v) is 5.29. The number of nitrogens with zero attached hydrogens (tertiary/aromatic N) is 4. The first-order valence-corrected chi connectivity index (χ1v) is 7.07. The zero-order valence-corrected chi connectivity index (χ0v) is 11.7. The topological polar surface area (TPSA) is 77.0 Å². The molecule has 1 fully saturated rings. The molecule has 1 amide bonds. The molecule has 2 N–H and O–H groups in total. The van der Waals surface area contributed by atoms with Crippen LogP contribution in [0.5, 0.6) is 0 Å². The fourth-order valence-corrected chi connectivity index (χ4v) is 2.47. The van der Waals surface area contributed by atoms with Gasteiger partial charge in [0.05, 0.1) is 17.9 Å². The van der Waals surface area contributed by atoms with E-state index in [1.165, 1.54) is 6.42 Å². The molecule has 1 aliphatic heterocycles. The standard InChI is InChI=1S/C13H23N5O/c1-3-11(14)12-8-17(16-15-12)9-13(19)18-7-5-4-6-10(18)2/h8,10-11H,3-7,9,14H2,1-2H3. The molecule has 6 nitrogen and oxygen atoms in total. The Hall–Kier alpha value is -1.43. The van der Waals surface area contributed by atoms with Crippen LogP contribution < -0.4 is 5.73 Å². The summed E-state index contributed by atoms with van der Waals surface area (Å²) in [7, 11) is 0. The molecule has 0 spiro atoms. The molecular weight excluding hydrogens is 242 g/mol. The number of nitrogens with two attached hydrogens (primary N) is 1. The van der Waals surface area contributed by atoms with E-state index in [1.54, 1.807) is 10.9 Å². The summed E-state index contributed by atoms with van der Waals surface area (Å²) in [5.41, 5.74) is 6.64. The van der Waals surface area contributed by atoms with Gasteiger partial charge in [-0.25, -0.2) is 4.68 Å². The van der Waals surface area contributed by atoms with Crippen LogP contribution in [-0.4, -0.2) is 38.4 Å². The Balaban J connectivity index is 1.96. The maximum atomic E-state index is 12.2. The van der Waals surface area contributed by atoms with Crippen LogP contribution >= 0.6 is 0 Å². The molecule has 2 unspecified atom stereocenters. The monoisotopic (exact) mass is 265 g/mol. The quantitative estimate of drug-likeness (QED) is 0.884. The number of piperidine rings is 1. The van der Waals surface area contributed by atoms with Gasteiger partial charge in [-0.15, -0.1) is 5.10 Å². The molecule has 1 aromatic rings. The summed E-state index contributed by atoms with van der Waals surface area (Å²) in [6.07, 6.45) is 5.99. The van der Waals surface area contributed by atoms with Crippen molar-refractivity contribution < 1.29 is 4.79 Å². The number of hydrogen-bond donors (Lipinski definition) is 1. The third kappa shape index (κ3) is 3.32. The molecule has 0 aromatic carbocycles. The van der Waals surface area contributed by atoms with Gasteiger partial charge in [-0.3, -0.25) is 4.79 Å². The van der Waals surface area contributed by atoms with Gasteiger partial charge < -0.3 is 10.6 Å². The third-order valence-corrected chi connectivity index (χ3v) is 3.80. The van der Waals surface area contributed by atoms with E-state index in [4.69, 9.17) is 5.73 Å². The Morgan fingerprint density at radius 1 is 1.58 bits per heavy atom. The summed E-state index contributed by atoms with van der Waals surface area (Å²) in [6.45, 7) is 5.23. The summed E-state index contributed by atoms with van der Waals surface area (Å²) >= 11 is 0. The second-order valence-electron chi connectivity index (χ2n) is 5.29. The van der Waals surface area contributed by atoms with Crippen molar-refractivity contribution in [3.05, 3.63) is 11.9 Å². The van der Waals surface area contributed by atoms with Crippen LogP contribution in [-0.2, 0) is 11.3 Å². The van der Waals surface area contributed by atoms with Crippen molar-refractivity contribution in [2.24, 2.45) is 5.73 Å². The van der Waals surface area contributed by atoms with Gasteiger partial charge in [0, 0.05) is 12.6 Å². The maximum Gasteiger partial charge on any atom is 0.244 e. The lowest BCUT2D eigenvalue weighted by atomic mass is 10.0. The average Bonchev–Trinajstić information content (AvgIpc) is 2.86. The number of carbonyl (C=O) groups is 1. The van der Waals surface area contributed by atoms with Crippen molar-refractivity contribution in [1.29, 1.82) is 0 Å². The fourth-order valence-electron chi connectivity index (χ4n) is 2.47. The third-order valence-electron chi connectivity index (χ3n) is 3.80. The van der Waals surface area contributed by atoms with Gasteiger partial charge in [0.2, 0.25) is 5.91 Å². The minimum atomic E-state index is -0.0993. The molecule has 1 aliphatic rings. The minimum Gasteiger partial charge on any atom is -0.338 e. The molecule has 19 heavy (non-hydrogen) atoms. The summed E-state index contributed by atoms with van der Waals surface area (Å²) < 4.78 is 1.59. The lowest BCUT2D eigenvalue weighted by Crippen LogP contribution is -2.43. The van der Waals surface area contributed by atoms with Crippen molar-refractivity contribution in [2.45, 2.75) is 58.2 Å². The molecule has 1 saturated heterocycles. The Morgan fingerprint density at radius 3 is 3.05 bits per heavy atom. The highest BCUT2D eigenvalue weighted by atomic mass is 16.2. The van der Waals surface area contributed by atoms with Gasteiger partial charge in [0.1, 0.15) is 6.54 Å². The van der Waals surface area contributed by atoms with Gasteiger partial charge in [0.25, 0.3) is 0 Å². The molecule has 0 bridgehead atoms. The largest absolute Gasteiger partial charge is 0.338 e. The van der Waals surface area contributed by atoms with Crippen molar-refractivity contribution in [3.8, 4) is 0 Å². The van der Waals surface area contributed by atoms with Crippen LogP contribution in [0.4, 0.5) is 0 Å². The van der Waals surface area contributed by atoms with Crippen LogP contribution in [0.1, 0.15) is 51.3 Å². The molecule has 2 heterocycles. The molecule has 0 saturated carbocycles. The minimum absolute atomic E-state index is 0.0993. The molecule has 2 rings (SSSR count). The Bertz CT molecular complexity index is 430. The highest BCUT2D eigenvalue weighted by molar-refractivity contribution is 5.76. The van der Waals surface area contributed by atoms with E-state index >= 15 is 0 Å². The normalized spacial score (nSPS) is 21.4. The summed E-state index contributed by atoms with van der Waals surface area (Å²) in [4.78, 5) is 14.2. The number of amides is 1. The van der Waals surface area contributed by atoms with Crippen LogP contribution in [0.2, 0.25) is 0 Å². The van der Waals surface area contributed by atoms with E-state index in [-0.39, 0.29) is 18.5 Å². The predicted octanol–water partition coefficient (Wildman–Crippen LogP) is 1.09. The zero-order chi connectivity index (χ0) is 13.8. The number of rotatable bonds is 4. The van der Waals surface area contributed by atoms with Gasteiger partial charge >= 0.3 is 0 Å². The molecule has 6 heteroatoms. The van der Waals surface area contributed by atoms with Crippen LogP contribution in [0.15, 0.2) is 6.20 Å². The van der Waals surface area contributed by atoms with Gasteiger partial charge in [-0.2, -0.15) is 0 Å². The first-order valence-electron chi connectivity index (χ1n) is 7.07. The lowest BCUT2D eigenvalue weighted by Gasteiger charge is -2.33. The first kappa shape index (κ1) is 14.0. The number of carbonyl (C=O) groups excluding carboxylic acids is 1. The smallest absolute Gasteiger partial charge is 0.244 e. The second kappa shape index (κ2) is 6.14. The van der Waals surface area contributed by atoms with Crippen molar-refractivity contribution >= 4 is 5.91 Å². The van der Waals surface area contributed by atoms with Crippen LogP contribution in [0.25, 0.3) is 0 Å². The molecule has 106 valence electrons. The van der Waals surface area contributed by atoms with E-state index in [9.17, 15) is 4.79 Å². The highest BCUT2D eigenvalue weighted by Gasteiger charge is 2.23. The van der Waals surface area contributed by atoms with E-state index in [2.05, 4.69) is 17.2 Å². The maximum absolute atomic E-state index is 12.2. The fraction of sp³-hybridized carbons (Fsp3) is 0.769. The summed E-state index contributed by atoms with van der Waals surface area (Å²) in [5.74, 6) is 0.119.